The van der Waals surface area contributed by atoms with Gasteiger partial charge in [0.05, 0.1) is 31.2 Å². The third-order valence-corrected chi connectivity index (χ3v) is 8.00. The molecule has 5 rings (SSSR count). The number of aromatic nitrogens is 3. The molecule has 0 unspecified atom stereocenters. The molecule has 2 aliphatic rings. The van der Waals surface area contributed by atoms with Gasteiger partial charge in [0.15, 0.2) is 5.13 Å². The van der Waals surface area contributed by atoms with Crippen LogP contribution >= 0.6 is 11.3 Å². The number of likely N-dealkylation sites (N-methyl/N-ethyl adjacent to an activating group) is 1. The minimum absolute atomic E-state index is 0.0333. The standard InChI is InChI=1S/C25H32FN7OS/c1-19(20-3-5-21(26)6-4-20)33-18-27-13-22(33)15-30-9-12-32(24(34)17-30)16-23-14-28-25(35-23)31-10-7-29(2)8-11-31/h3-6,13-14,18-19H,7-12,15-17H2,1-2H3/t19-/m1/s1. The normalized spacial score (nSPS) is 18.9. The van der Waals surface area contributed by atoms with E-state index in [4.69, 9.17) is 0 Å². The first-order valence-corrected chi connectivity index (χ1v) is 12.9. The summed E-state index contributed by atoms with van der Waals surface area (Å²) in [6.07, 6.45) is 5.59. The van der Waals surface area contributed by atoms with Crippen molar-refractivity contribution in [1.29, 1.82) is 0 Å². The number of hydrogen-bond acceptors (Lipinski definition) is 7. The minimum Gasteiger partial charge on any atom is -0.346 e. The molecule has 2 fully saturated rings. The average molecular weight is 498 g/mol. The molecule has 0 radical (unpaired) electrons. The molecule has 2 aliphatic heterocycles. The Morgan fingerprint density at radius 1 is 1.03 bits per heavy atom. The van der Waals surface area contributed by atoms with Crippen molar-refractivity contribution in [1.82, 2.24) is 29.2 Å². The summed E-state index contributed by atoms with van der Waals surface area (Å²) in [4.78, 5) is 31.8. The Kier molecular flexibility index (Phi) is 7.12. The first-order valence-electron chi connectivity index (χ1n) is 12.1. The minimum atomic E-state index is -0.239. The van der Waals surface area contributed by atoms with Crippen molar-refractivity contribution in [2.75, 3.05) is 57.8 Å². The molecule has 35 heavy (non-hydrogen) atoms. The molecule has 0 saturated carbocycles. The van der Waals surface area contributed by atoms with Crippen LogP contribution < -0.4 is 4.90 Å². The average Bonchev–Trinajstić information content (AvgIpc) is 3.51. The van der Waals surface area contributed by atoms with E-state index in [1.165, 1.54) is 12.1 Å². The van der Waals surface area contributed by atoms with Gasteiger partial charge in [-0.3, -0.25) is 9.69 Å². The predicted octanol–water partition coefficient (Wildman–Crippen LogP) is 2.68. The molecule has 8 nitrogen and oxygen atoms in total. The van der Waals surface area contributed by atoms with E-state index in [0.29, 0.717) is 26.2 Å². The molecule has 1 amide bonds. The highest BCUT2D eigenvalue weighted by Gasteiger charge is 2.26. The first kappa shape index (κ1) is 23.9. The van der Waals surface area contributed by atoms with E-state index in [2.05, 4.69) is 43.2 Å². The van der Waals surface area contributed by atoms with Crippen LogP contribution in [0.25, 0.3) is 0 Å². The van der Waals surface area contributed by atoms with Crippen molar-refractivity contribution in [3.63, 3.8) is 0 Å². The third-order valence-electron chi connectivity index (χ3n) is 6.96. The number of carbonyl (C=O) groups excluding carboxylic acids is 1. The number of halogens is 1. The summed E-state index contributed by atoms with van der Waals surface area (Å²) in [5.74, 6) is -0.0967. The molecular weight excluding hydrogens is 465 g/mol. The van der Waals surface area contributed by atoms with Gasteiger partial charge in [-0.05, 0) is 31.7 Å². The van der Waals surface area contributed by atoms with E-state index in [1.807, 2.05) is 23.6 Å². The van der Waals surface area contributed by atoms with Crippen LogP contribution in [0.15, 0.2) is 43.0 Å². The van der Waals surface area contributed by atoms with E-state index in [9.17, 15) is 9.18 Å². The Balaban J connectivity index is 1.16. The summed E-state index contributed by atoms with van der Waals surface area (Å²) in [6.45, 7) is 9.35. The fraction of sp³-hybridized carbons (Fsp3) is 0.480. The van der Waals surface area contributed by atoms with Crippen molar-refractivity contribution in [2.45, 2.75) is 26.1 Å². The van der Waals surface area contributed by atoms with E-state index in [-0.39, 0.29) is 17.8 Å². The second-order valence-electron chi connectivity index (χ2n) is 9.45. The zero-order valence-electron chi connectivity index (χ0n) is 20.3. The van der Waals surface area contributed by atoms with E-state index >= 15 is 0 Å². The fourth-order valence-electron chi connectivity index (χ4n) is 4.70. The number of piperazine rings is 2. The van der Waals surface area contributed by atoms with Crippen LogP contribution in [0.4, 0.5) is 9.52 Å². The van der Waals surface area contributed by atoms with Gasteiger partial charge in [-0.25, -0.2) is 14.4 Å². The van der Waals surface area contributed by atoms with Crippen LogP contribution in [0, 0.1) is 5.82 Å². The largest absolute Gasteiger partial charge is 0.346 e. The summed E-state index contributed by atoms with van der Waals surface area (Å²) >= 11 is 1.70. The number of anilines is 1. The molecule has 2 aromatic heterocycles. The lowest BCUT2D eigenvalue weighted by atomic mass is 10.1. The van der Waals surface area contributed by atoms with Crippen LogP contribution in [-0.4, -0.2) is 88.0 Å². The number of benzene rings is 1. The van der Waals surface area contributed by atoms with Gasteiger partial charge in [0.2, 0.25) is 5.91 Å². The molecule has 1 aromatic carbocycles. The maximum absolute atomic E-state index is 13.3. The topological polar surface area (TPSA) is 60.7 Å². The molecule has 0 spiro atoms. The summed E-state index contributed by atoms with van der Waals surface area (Å²) < 4.78 is 15.4. The highest BCUT2D eigenvalue weighted by molar-refractivity contribution is 7.15. The molecule has 0 aliphatic carbocycles. The van der Waals surface area contributed by atoms with Gasteiger partial charge < -0.3 is 19.3 Å². The van der Waals surface area contributed by atoms with Gasteiger partial charge in [0.1, 0.15) is 5.82 Å². The number of nitrogens with zero attached hydrogens (tertiary/aromatic N) is 7. The molecule has 1 atom stereocenters. The van der Waals surface area contributed by atoms with Crippen molar-refractivity contribution in [3.8, 4) is 0 Å². The van der Waals surface area contributed by atoms with Crippen molar-refractivity contribution < 1.29 is 9.18 Å². The van der Waals surface area contributed by atoms with E-state index in [1.54, 1.807) is 23.5 Å². The Labute approximate surface area is 209 Å². The molecule has 0 N–H and O–H groups in total. The third kappa shape index (κ3) is 5.55. The molecule has 3 aromatic rings. The SMILES string of the molecule is C[C@H](c1ccc(F)cc1)n1cncc1CN1CCN(Cc2cnc(N3CCN(C)CC3)s2)C(=O)C1. The molecule has 2 saturated heterocycles. The fourth-order valence-corrected chi connectivity index (χ4v) is 5.67. The Hall–Kier alpha value is -2.82. The van der Waals surface area contributed by atoms with Crippen molar-refractivity contribution in [3.05, 3.63) is 64.9 Å². The number of thiazole rings is 1. The number of carbonyl (C=O) groups is 1. The quantitative estimate of drug-likeness (QED) is 0.500. The number of imidazole rings is 1. The highest BCUT2D eigenvalue weighted by Crippen LogP contribution is 2.26. The van der Waals surface area contributed by atoms with Crippen molar-refractivity contribution in [2.24, 2.45) is 0 Å². The van der Waals surface area contributed by atoms with Gasteiger partial charge in [0.25, 0.3) is 0 Å². The molecule has 4 heterocycles. The van der Waals surface area contributed by atoms with Gasteiger partial charge >= 0.3 is 0 Å². The van der Waals surface area contributed by atoms with Crippen molar-refractivity contribution >= 4 is 22.4 Å². The molecule has 10 heteroatoms. The molecule has 0 bridgehead atoms. The number of amides is 1. The number of rotatable bonds is 7. The van der Waals surface area contributed by atoms with Crippen LogP contribution in [0.1, 0.15) is 29.1 Å². The second kappa shape index (κ2) is 10.4. The van der Waals surface area contributed by atoms with Gasteiger partial charge in [-0.15, -0.1) is 11.3 Å². The lowest BCUT2D eigenvalue weighted by molar-refractivity contribution is -0.136. The summed E-state index contributed by atoms with van der Waals surface area (Å²) in [5, 5.41) is 1.06. The smallest absolute Gasteiger partial charge is 0.237 e. The Morgan fingerprint density at radius 2 is 1.80 bits per heavy atom. The van der Waals surface area contributed by atoms with E-state index < -0.39 is 0 Å². The maximum atomic E-state index is 13.3. The zero-order valence-corrected chi connectivity index (χ0v) is 21.1. The Morgan fingerprint density at radius 3 is 2.54 bits per heavy atom. The molecular formula is C25H32FN7OS. The maximum Gasteiger partial charge on any atom is 0.237 e. The summed E-state index contributed by atoms with van der Waals surface area (Å²) in [7, 11) is 2.15. The van der Waals surface area contributed by atoms with Gasteiger partial charge in [-0.1, -0.05) is 12.1 Å². The van der Waals surface area contributed by atoms with Gasteiger partial charge in [0, 0.05) is 63.1 Å². The van der Waals surface area contributed by atoms with E-state index in [0.717, 1.165) is 54.0 Å². The monoisotopic (exact) mass is 497 g/mol. The van der Waals surface area contributed by atoms with Crippen LogP contribution in [0.2, 0.25) is 0 Å². The van der Waals surface area contributed by atoms with Crippen LogP contribution in [0.3, 0.4) is 0 Å². The number of hydrogen-bond donors (Lipinski definition) is 0. The molecule has 186 valence electrons. The lowest BCUT2D eigenvalue weighted by Crippen LogP contribution is -2.49. The van der Waals surface area contributed by atoms with Crippen LogP contribution in [0.5, 0.6) is 0 Å². The van der Waals surface area contributed by atoms with Gasteiger partial charge in [-0.2, -0.15) is 0 Å². The lowest BCUT2D eigenvalue weighted by Gasteiger charge is -2.34. The Bertz CT molecular complexity index is 1140. The predicted molar refractivity (Wildman–Crippen MR) is 135 cm³/mol. The highest BCUT2D eigenvalue weighted by atomic mass is 32.1. The summed E-state index contributed by atoms with van der Waals surface area (Å²) in [5.41, 5.74) is 2.06. The zero-order chi connectivity index (χ0) is 24.4. The first-order chi connectivity index (χ1) is 17.0. The summed E-state index contributed by atoms with van der Waals surface area (Å²) in [6, 6.07) is 6.61. The van der Waals surface area contributed by atoms with Crippen LogP contribution in [-0.2, 0) is 17.9 Å². The second-order valence-corrected chi connectivity index (χ2v) is 10.5.